The Morgan fingerprint density at radius 3 is 2.46 bits per heavy atom. The Balaban J connectivity index is 1.22. The van der Waals surface area contributed by atoms with E-state index in [0.29, 0.717) is 18.4 Å². The summed E-state index contributed by atoms with van der Waals surface area (Å²) < 4.78 is 32.2. The van der Waals surface area contributed by atoms with Crippen LogP contribution in [0.1, 0.15) is 48.6 Å². The van der Waals surface area contributed by atoms with Gasteiger partial charge in [-0.05, 0) is 87.1 Å². The summed E-state index contributed by atoms with van der Waals surface area (Å²) in [5.74, 6) is 1.37. The highest BCUT2D eigenvalue weighted by atomic mass is 19.1. The maximum atomic E-state index is 13.5. The summed E-state index contributed by atoms with van der Waals surface area (Å²) in [6.45, 7) is 3.94. The zero-order chi connectivity index (χ0) is 17.9. The van der Waals surface area contributed by atoms with Crippen LogP contribution in [0.2, 0.25) is 0 Å². The molecule has 1 fully saturated rings. The van der Waals surface area contributed by atoms with E-state index in [-0.39, 0.29) is 11.6 Å². The van der Waals surface area contributed by atoms with Gasteiger partial charge in [0.1, 0.15) is 17.4 Å². The van der Waals surface area contributed by atoms with Crippen LogP contribution in [0.5, 0.6) is 5.75 Å². The van der Waals surface area contributed by atoms with Crippen LogP contribution in [0.25, 0.3) is 0 Å². The number of piperidine rings is 1. The molecule has 2 aromatic carbocycles. The molecule has 0 saturated carbocycles. The Morgan fingerprint density at radius 2 is 1.69 bits per heavy atom. The third kappa shape index (κ3) is 3.90. The van der Waals surface area contributed by atoms with E-state index in [1.54, 1.807) is 24.3 Å². The fourth-order valence-corrected chi connectivity index (χ4v) is 4.27. The molecule has 0 amide bonds. The van der Waals surface area contributed by atoms with Crippen molar-refractivity contribution >= 4 is 0 Å². The molecule has 2 nitrogen and oxygen atoms in total. The standard InChI is InChI=1S/C22H25F2NO/c23-19-5-3-16(4-6-19)17-9-12-25(13-10-17)11-1-2-18-15-26-22-8-7-20(24)14-21(18)22/h3-8,14,17-18H,1-2,9-13,15H2. The van der Waals surface area contributed by atoms with Crippen LogP contribution in [0, 0.1) is 11.6 Å². The van der Waals surface area contributed by atoms with Gasteiger partial charge in [-0.25, -0.2) is 8.78 Å². The summed E-state index contributed by atoms with van der Waals surface area (Å²) in [5, 5.41) is 0. The molecule has 0 aromatic heterocycles. The van der Waals surface area contributed by atoms with Gasteiger partial charge in [0.25, 0.3) is 0 Å². The van der Waals surface area contributed by atoms with Crippen molar-refractivity contribution in [1.82, 2.24) is 4.90 Å². The smallest absolute Gasteiger partial charge is 0.123 e. The van der Waals surface area contributed by atoms with E-state index in [1.807, 2.05) is 12.1 Å². The number of nitrogens with zero attached hydrogens (tertiary/aromatic N) is 1. The third-order valence-electron chi connectivity index (χ3n) is 5.81. The lowest BCUT2D eigenvalue weighted by molar-refractivity contribution is 0.205. The molecule has 26 heavy (non-hydrogen) atoms. The van der Waals surface area contributed by atoms with Crippen molar-refractivity contribution in [2.45, 2.75) is 37.5 Å². The normalized spacial score (nSPS) is 20.8. The number of halogens is 2. The predicted molar refractivity (Wildman–Crippen MR) is 98.7 cm³/mol. The molecule has 2 aliphatic rings. The minimum atomic E-state index is -0.179. The van der Waals surface area contributed by atoms with Crippen molar-refractivity contribution in [3.63, 3.8) is 0 Å². The predicted octanol–water partition coefficient (Wildman–Crippen LogP) is 5.10. The molecule has 0 aliphatic carbocycles. The van der Waals surface area contributed by atoms with Crippen molar-refractivity contribution in [3.05, 3.63) is 65.2 Å². The fraction of sp³-hybridized carbons (Fsp3) is 0.455. The minimum Gasteiger partial charge on any atom is -0.493 e. The largest absolute Gasteiger partial charge is 0.493 e. The van der Waals surface area contributed by atoms with E-state index in [0.717, 1.165) is 56.6 Å². The first-order chi connectivity index (χ1) is 12.7. The van der Waals surface area contributed by atoms with Crippen molar-refractivity contribution < 1.29 is 13.5 Å². The van der Waals surface area contributed by atoms with E-state index in [2.05, 4.69) is 4.90 Å². The second-order valence-corrected chi connectivity index (χ2v) is 7.50. The zero-order valence-corrected chi connectivity index (χ0v) is 15.0. The van der Waals surface area contributed by atoms with Crippen LogP contribution < -0.4 is 4.74 Å². The number of benzene rings is 2. The third-order valence-corrected chi connectivity index (χ3v) is 5.81. The maximum Gasteiger partial charge on any atom is 0.123 e. The van der Waals surface area contributed by atoms with Gasteiger partial charge >= 0.3 is 0 Å². The quantitative estimate of drug-likeness (QED) is 0.738. The molecule has 1 saturated heterocycles. The van der Waals surface area contributed by atoms with Crippen LogP contribution >= 0.6 is 0 Å². The molecule has 0 bridgehead atoms. The van der Waals surface area contributed by atoms with Crippen LogP contribution in [0.15, 0.2) is 42.5 Å². The van der Waals surface area contributed by atoms with Gasteiger partial charge in [0, 0.05) is 11.5 Å². The van der Waals surface area contributed by atoms with E-state index < -0.39 is 0 Å². The van der Waals surface area contributed by atoms with Crippen LogP contribution in [0.4, 0.5) is 8.78 Å². The number of hydrogen-bond acceptors (Lipinski definition) is 2. The van der Waals surface area contributed by atoms with Gasteiger partial charge in [0.15, 0.2) is 0 Å². The van der Waals surface area contributed by atoms with Gasteiger partial charge in [-0.2, -0.15) is 0 Å². The van der Waals surface area contributed by atoms with Gasteiger partial charge in [-0.1, -0.05) is 12.1 Å². The summed E-state index contributed by atoms with van der Waals surface area (Å²) in [4.78, 5) is 2.52. The van der Waals surface area contributed by atoms with E-state index >= 15 is 0 Å². The van der Waals surface area contributed by atoms with E-state index in [9.17, 15) is 8.78 Å². The topological polar surface area (TPSA) is 12.5 Å². The molecule has 2 aliphatic heterocycles. The monoisotopic (exact) mass is 357 g/mol. The van der Waals surface area contributed by atoms with E-state index in [1.165, 1.54) is 11.6 Å². The fourth-order valence-electron chi connectivity index (χ4n) is 4.27. The van der Waals surface area contributed by atoms with Crippen LogP contribution in [-0.4, -0.2) is 31.1 Å². The summed E-state index contributed by atoms with van der Waals surface area (Å²) in [5.41, 5.74) is 2.29. The first-order valence-electron chi connectivity index (χ1n) is 9.59. The second-order valence-electron chi connectivity index (χ2n) is 7.50. The first kappa shape index (κ1) is 17.5. The average Bonchev–Trinajstić information content (AvgIpc) is 3.05. The van der Waals surface area contributed by atoms with E-state index in [4.69, 9.17) is 4.74 Å². The van der Waals surface area contributed by atoms with Crippen molar-refractivity contribution in [3.8, 4) is 5.75 Å². The van der Waals surface area contributed by atoms with Crippen LogP contribution in [0.3, 0.4) is 0 Å². The van der Waals surface area contributed by atoms with Gasteiger partial charge < -0.3 is 9.64 Å². The van der Waals surface area contributed by atoms with Crippen molar-refractivity contribution in [2.75, 3.05) is 26.2 Å². The van der Waals surface area contributed by atoms with Crippen molar-refractivity contribution in [1.29, 1.82) is 0 Å². The Hall–Kier alpha value is -1.94. The van der Waals surface area contributed by atoms with Gasteiger partial charge in [-0.3, -0.25) is 0 Å². The van der Waals surface area contributed by atoms with Gasteiger partial charge in [0.05, 0.1) is 6.61 Å². The number of hydrogen-bond donors (Lipinski definition) is 0. The number of fused-ring (bicyclic) bond motifs is 1. The highest BCUT2D eigenvalue weighted by molar-refractivity contribution is 5.40. The summed E-state index contributed by atoms with van der Waals surface area (Å²) >= 11 is 0. The lowest BCUT2D eigenvalue weighted by Gasteiger charge is -2.32. The molecular weight excluding hydrogens is 332 g/mol. The van der Waals surface area contributed by atoms with Crippen molar-refractivity contribution in [2.24, 2.45) is 0 Å². The Morgan fingerprint density at radius 1 is 0.962 bits per heavy atom. The Bertz CT molecular complexity index is 738. The second kappa shape index (κ2) is 7.75. The molecule has 1 unspecified atom stereocenters. The first-order valence-corrected chi connectivity index (χ1v) is 9.59. The summed E-state index contributed by atoms with van der Waals surface area (Å²) in [6, 6.07) is 11.8. The molecule has 4 rings (SSSR count). The highest BCUT2D eigenvalue weighted by Crippen LogP contribution is 2.37. The maximum absolute atomic E-state index is 13.5. The highest BCUT2D eigenvalue weighted by Gasteiger charge is 2.25. The molecule has 1 atom stereocenters. The number of likely N-dealkylation sites (tertiary alicyclic amines) is 1. The lowest BCUT2D eigenvalue weighted by atomic mass is 9.89. The summed E-state index contributed by atoms with van der Waals surface area (Å²) in [7, 11) is 0. The molecule has 4 heteroatoms. The summed E-state index contributed by atoms with van der Waals surface area (Å²) in [6.07, 6.45) is 4.40. The molecule has 0 spiro atoms. The lowest BCUT2D eigenvalue weighted by Crippen LogP contribution is -2.33. The van der Waals surface area contributed by atoms with Gasteiger partial charge in [0.2, 0.25) is 0 Å². The Kier molecular flexibility index (Phi) is 5.21. The Labute approximate surface area is 153 Å². The zero-order valence-electron chi connectivity index (χ0n) is 15.0. The molecule has 2 heterocycles. The molecule has 2 aromatic rings. The molecule has 0 radical (unpaired) electrons. The minimum absolute atomic E-state index is 0.163. The molecular formula is C22H25F2NO. The average molecular weight is 357 g/mol. The number of rotatable bonds is 5. The number of ether oxygens (including phenoxy) is 1. The molecule has 138 valence electrons. The van der Waals surface area contributed by atoms with Crippen LogP contribution in [-0.2, 0) is 0 Å². The van der Waals surface area contributed by atoms with Gasteiger partial charge in [-0.15, -0.1) is 0 Å². The molecule has 0 N–H and O–H groups in total. The SMILES string of the molecule is Fc1ccc(C2CCN(CCCC3COc4ccc(F)cc43)CC2)cc1.